The van der Waals surface area contributed by atoms with Crippen molar-refractivity contribution in [2.75, 3.05) is 0 Å². The number of nitrogens with two attached hydrogens (primary N) is 1. The molecule has 0 aliphatic rings. The molecule has 8 heteroatoms. The summed E-state index contributed by atoms with van der Waals surface area (Å²) in [4.78, 5) is 0. The SMILES string of the molecule is NC(=S)NN=Cc1ccc(OCc2cccc(C(F)(F)F)c2)cc1. The van der Waals surface area contributed by atoms with Crippen molar-refractivity contribution in [1.82, 2.24) is 5.43 Å². The van der Waals surface area contributed by atoms with Crippen molar-refractivity contribution in [3.63, 3.8) is 0 Å². The molecule has 126 valence electrons. The molecule has 0 radical (unpaired) electrons. The zero-order valence-electron chi connectivity index (χ0n) is 12.4. The lowest BCUT2D eigenvalue weighted by Gasteiger charge is -2.10. The number of thiocarbonyl (C=S) groups is 1. The molecule has 0 unspecified atom stereocenters. The van der Waals surface area contributed by atoms with Crippen LogP contribution in [0.25, 0.3) is 0 Å². The van der Waals surface area contributed by atoms with E-state index >= 15 is 0 Å². The summed E-state index contributed by atoms with van der Waals surface area (Å²) in [5.74, 6) is 0.534. The van der Waals surface area contributed by atoms with Crippen LogP contribution in [0.2, 0.25) is 0 Å². The highest BCUT2D eigenvalue weighted by molar-refractivity contribution is 7.80. The maximum atomic E-state index is 12.7. The lowest BCUT2D eigenvalue weighted by atomic mass is 10.1. The van der Waals surface area contributed by atoms with Gasteiger partial charge in [0.15, 0.2) is 5.11 Å². The first-order valence-corrected chi connectivity index (χ1v) is 7.23. The zero-order chi connectivity index (χ0) is 17.6. The topological polar surface area (TPSA) is 59.6 Å². The first-order chi connectivity index (χ1) is 11.3. The van der Waals surface area contributed by atoms with Gasteiger partial charge in [0.05, 0.1) is 11.8 Å². The third kappa shape index (κ3) is 5.54. The Morgan fingerprint density at radius 1 is 1.21 bits per heavy atom. The summed E-state index contributed by atoms with van der Waals surface area (Å²) in [6.07, 6.45) is -2.84. The van der Waals surface area contributed by atoms with Crippen molar-refractivity contribution in [2.24, 2.45) is 10.8 Å². The van der Waals surface area contributed by atoms with Crippen LogP contribution in [0.15, 0.2) is 53.6 Å². The fourth-order valence-corrected chi connectivity index (χ4v) is 1.88. The van der Waals surface area contributed by atoms with Crippen LogP contribution < -0.4 is 15.9 Å². The van der Waals surface area contributed by atoms with Crippen LogP contribution in [-0.2, 0) is 12.8 Å². The summed E-state index contributed by atoms with van der Waals surface area (Å²) >= 11 is 4.61. The van der Waals surface area contributed by atoms with Crippen LogP contribution in [0.5, 0.6) is 5.75 Å². The number of ether oxygens (including phenoxy) is 1. The van der Waals surface area contributed by atoms with Crippen molar-refractivity contribution in [2.45, 2.75) is 12.8 Å². The Morgan fingerprint density at radius 2 is 1.92 bits per heavy atom. The molecular formula is C16H14F3N3OS. The largest absolute Gasteiger partial charge is 0.489 e. The number of halogens is 3. The van der Waals surface area contributed by atoms with Crippen molar-refractivity contribution < 1.29 is 17.9 Å². The number of benzene rings is 2. The number of hydrogen-bond acceptors (Lipinski definition) is 3. The molecule has 0 atom stereocenters. The van der Waals surface area contributed by atoms with Crippen LogP contribution in [0.4, 0.5) is 13.2 Å². The van der Waals surface area contributed by atoms with Crippen LogP contribution >= 0.6 is 12.2 Å². The number of hydrogen-bond donors (Lipinski definition) is 2. The highest BCUT2D eigenvalue weighted by Crippen LogP contribution is 2.29. The predicted molar refractivity (Wildman–Crippen MR) is 89.7 cm³/mol. The summed E-state index contributed by atoms with van der Waals surface area (Å²) in [6, 6.07) is 11.9. The third-order valence-electron chi connectivity index (χ3n) is 2.93. The molecule has 0 fully saturated rings. The monoisotopic (exact) mass is 353 g/mol. The smallest absolute Gasteiger partial charge is 0.416 e. The van der Waals surface area contributed by atoms with E-state index in [1.807, 2.05) is 0 Å². The Labute approximate surface area is 142 Å². The van der Waals surface area contributed by atoms with Crippen LogP contribution in [0.3, 0.4) is 0 Å². The van der Waals surface area contributed by atoms with E-state index in [9.17, 15) is 13.2 Å². The highest BCUT2D eigenvalue weighted by Gasteiger charge is 2.30. The fourth-order valence-electron chi connectivity index (χ4n) is 1.82. The molecule has 0 aromatic heterocycles. The first-order valence-electron chi connectivity index (χ1n) is 6.82. The zero-order valence-corrected chi connectivity index (χ0v) is 13.2. The summed E-state index contributed by atoms with van der Waals surface area (Å²) in [5.41, 5.74) is 8.19. The molecule has 2 rings (SSSR count). The van der Waals surface area contributed by atoms with Gasteiger partial charge in [0.25, 0.3) is 0 Å². The number of alkyl halides is 3. The van der Waals surface area contributed by atoms with Crippen molar-refractivity contribution in [1.29, 1.82) is 0 Å². The normalized spacial score (nSPS) is 11.5. The summed E-state index contributed by atoms with van der Waals surface area (Å²) in [6.45, 7) is 0.0420. The molecule has 0 heterocycles. The van der Waals surface area contributed by atoms with Crippen molar-refractivity contribution in [3.8, 4) is 5.75 Å². The van der Waals surface area contributed by atoms with E-state index in [0.717, 1.165) is 17.7 Å². The second-order valence-electron chi connectivity index (χ2n) is 4.79. The van der Waals surface area contributed by atoms with E-state index in [2.05, 4.69) is 22.7 Å². The number of rotatable bonds is 5. The second-order valence-corrected chi connectivity index (χ2v) is 5.23. The van der Waals surface area contributed by atoms with Crippen LogP contribution in [0, 0.1) is 0 Å². The van der Waals surface area contributed by atoms with Gasteiger partial charge < -0.3 is 10.5 Å². The molecule has 2 aromatic rings. The molecule has 0 saturated heterocycles. The molecule has 0 amide bonds. The molecule has 0 saturated carbocycles. The average Bonchev–Trinajstić information content (AvgIpc) is 2.53. The second kappa shape index (κ2) is 7.78. The van der Waals surface area contributed by atoms with Gasteiger partial charge in [-0.15, -0.1) is 0 Å². The van der Waals surface area contributed by atoms with Gasteiger partial charge in [0.2, 0.25) is 0 Å². The Bertz CT molecular complexity index is 730. The van der Waals surface area contributed by atoms with Crippen LogP contribution in [-0.4, -0.2) is 11.3 Å². The lowest BCUT2D eigenvalue weighted by molar-refractivity contribution is -0.137. The summed E-state index contributed by atoms with van der Waals surface area (Å²) in [5, 5.41) is 3.87. The molecule has 0 aliphatic carbocycles. The van der Waals surface area contributed by atoms with Crippen molar-refractivity contribution >= 4 is 23.5 Å². The van der Waals surface area contributed by atoms with Gasteiger partial charge in [-0.05, 0) is 59.7 Å². The molecule has 4 nitrogen and oxygen atoms in total. The maximum absolute atomic E-state index is 12.7. The fraction of sp³-hybridized carbons (Fsp3) is 0.125. The van der Waals surface area contributed by atoms with E-state index in [4.69, 9.17) is 10.5 Å². The Balaban J connectivity index is 1.95. The molecule has 0 bridgehead atoms. The van der Waals surface area contributed by atoms with Gasteiger partial charge in [0.1, 0.15) is 12.4 Å². The number of hydrazone groups is 1. The standard InChI is InChI=1S/C16H14F3N3OS/c17-16(18,19)13-3-1-2-12(8-13)10-23-14-6-4-11(5-7-14)9-21-22-15(20)24/h1-9H,10H2,(H3,20,22,24). The van der Waals surface area contributed by atoms with Crippen molar-refractivity contribution in [3.05, 3.63) is 65.2 Å². The minimum absolute atomic E-state index is 0.0420. The maximum Gasteiger partial charge on any atom is 0.416 e. The third-order valence-corrected chi connectivity index (χ3v) is 3.02. The van der Waals surface area contributed by atoms with E-state index in [0.29, 0.717) is 11.3 Å². The van der Waals surface area contributed by atoms with E-state index in [-0.39, 0.29) is 11.7 Å². The summed E-state index contributed by atoms with van der Waals surface area (Å²) in [7, 11) is 0. The number of nitrogens with one attached hydrogen (secondary N) is 1. The van der Waals surface area contributed by atoms with Gasteiger partial charge >= 0.3 is 6.18 Å². The molecule has 24 heavy (non-hydrogen) atoms. The van der Waals surface area contributed by atoms with Gasteiger partial charge in [-0.2, -0.15) is 18.3 Å². The average molecular weight is 353 g/mol. The van der Waals surface area contributed by atoms with E-state index in [1.54, 1.807) is 30.3 Å². The predicted octanol–water partition coefficient (Wildman–Crippen LogP) is 3.45. The Kier molecular flexibility index (Phi) is 5.75. The Morgan fingerprint density at radius 3 is 2.54 bits per heavy atom. The van der Waals surface area contributed by atoms with Gasteiger partial charge in [-0.25, -0.2) is 0 Å². The van der Waals surface area contributed by atoms with Gasteiger partial charge in [0, 0.05) is 0 Å². The molecule has 3 N–H and O–H groups in total. The highest BCUT2D eigenvalue weighted by atomic mass is 32.1. The van der Waals surface area contributed by atoms with E-state index < -0.39 is 11.7 Å². The lowest BCUT2D eigenvalue weighted by Crippen LogP contribution is -2.23. The van der Waals surface area contributed by atoms with Gasteiger partial charge in [-0.1, -0.05) is 12.1 Å². The first kappa shape index (κ1) is 17.7. The summed E-state index contributed by atoms with van der Waals surface area (Å²) < 4.78 is 43.4. The minimum atomic E-state index is -4.36. The quantitative estimate of drug-likeness (QED) is 0.491. The van der Waals surface area contributed by atoms with Gasteiger partial charge in [-0.3, -0.25) is 5.43 Å². The number of nitrogens with zero attached hydrogens (tertiary/aromatic N) is 1. The molecule has 0 aliphatic heterocycles. The van der Waals surface area contributed by atoms with Crippen LogP contribution in [0.1, 0.15) is 16.7 Å². The molecule has 0 spiro atoms. The molecule has 2 aromatic carbocycles. The minimum Gasteiger partial charge on any atom is -0.489 e. The molecular weight excluding hydrogens is 339 g/mol. The Hall–Kier alpha value is -2.61. The van der Waals surface area contributed by atoms with E-state index in [1.165, 1.54) is 12.3 Å².